The van der Waals surface area contributed by atoms with E-state index in [4.69, 9.17) is 5.11 Å². The summed E-state index contributed by atoms with van der Waals surface area (Å²) in [5, 5.41) is 11.8. The van der Waals surface area contributed by atoms with E-state index in [0.717, 1.165) is 11.3 Å². The van der Waals surface area contributed by atoms with Gasteiger partial charge in [0.05, 0.1) is 0 Å². The molecule has 0 unspecified atom stereocenters. The Morgan fingerprint density at radius 3 is 2.72 bits per heavy atom. The summed E-state index contributed by atoms with van der Waals surface area (Å²) < 4.78 is 1.47. The van der Waals surface area contributed by atoms with Gasteiger partial charge >= 0.3 is 0 Å². The van der Waals surface area contributed by atoms with Crippen molar-refractivity contribution < 1.29 is 5.11 Å². The lowest BCUT2D eigenvalue weighted by Crippen LogP contribution is -2.20. The Kier molecular flexibility index (Phi) is 3.74. The number of aliphatic hydroxyl groups excluding tert-OH is 1. The van der Waals surface area contributed by atoms with Gasteiger partial charge < -0.3 is 15.0 Å². The van der Waals surface area contributed by atoms with Gasteiger partial charge in [-0.1, -0.05) is 12.1 Å². The third kappa shape index (κ3) is 2.75. The molecule has 0 amide bonds. The van der Waals surface area contributed by atoms with E-state index in [2.05, 4.69) is 10.3 Å². The standard InChI is InChI=1S/C13H15N3O2/c1-16-8-7-14-12(13(16)18)15-11-4-2-10(3-5-11)6-9-17/h2-5,7-8,17H,6,9H2,1H3,(H,14,15). The number of anilines is 2. The van der Waals surface area contributed by atoms with Crippen molar-refractivity contribution in [1.82, 2.24) is 9.55 Å². The Bertz CT molecular complexity index is 576. The smallest absolute Gasteiger partial charge is 0.293 e. The zero-order valence-electron chi connectivity index (χ0n) is 10.1. The van der Waals surface area contributed by atoms with Gasteiger partial charge in [-0.25, -0.2) is 4.98 Å². The highest BCUT2D eigenvalue weighted by Gasteiger charge is 2.02. The first kappa shape index (κ1) is 12.3. The molecule has 2 aromatic rings. The number of aliphatic hydroxyl groups is 1. The molecule has 18 heavy (non-hydrogen) atoms. The van der Waals surface area contributed by atoms with Crippen molar-refractivity contribution in [1.29, 1.82) is 0 Å². The molecule has 1 aromatic heterocycles. The fourth-order valence-electron chi connectivity index (χ4n) is 1.60. The highest BCUT2D eigenvalue weighted by Crippen LogP contribution is 2.12. The normalized spacial score (nSPS) is 10.3. The van der Waals surface area contributed by atoms with Crippen LogP contribution < -0.4 is 10.9 Å². The first-order valence-electron chi connectivity index (χ1n) is 5.69. The van der Waals surface area contributed by atoms with Crippen molar-refractivity contribution in [2.45, 2.75) is 6.42 Å². The van der Waals surface area contributed by atoms with E-state index in [9.17, 15) is 4.79 Å². The molecule has 0 bridgehead atoms. The van der Waals surface area contributed by atoms with E-state index in [1.165, 1.54) is 4.57 Å². The number of benzene rings is 1. The minimum absolute atomic E-state index is 0.132. The summed E-state index contributed by atoms with van der Waals surface area (Å²) in [7, 11) is 1.68. The fourth-order valence-corrected chi connectivity index (χ4v) is 1.60. The lowest BCUT2D eigenvalue weighted by Gasteiger charge is -2.06. The predicted molar refractivity (Wildman–Crippen MR) is 70.0 cm³/mol. The second-order valence-corrected chi connectivity index (χ2v) is 3.99. The lowest BCUT2D eigenvalue weighted by atomic mass is 10.1. The van der Waals surface area contributed by atoms with Crippen molar-refractivity contribution in [2.75, 3.05) is 11.9 Å². The number of hydrogen-bond donors (Lipinski definition) is 2. The van der Waals surface area contributed by atoms with Crippen LogP contribution >= 0.6 is 0 Å². The molecule has 5 nitrogen and oxygen atoms in total. The SMILES string of the molecule is Cn1ccnc(Nc2ccc(CCO)cc2)c1=O. The number of rotatable bonds is 4. The number of nitrogens with one attached hydrogen (secondary N) is 1. The molecule has 1 heterocycles. The van der Waals surface area contributed by atoms with Gasteiger partial charge in [-0.05, 0) is 24.1 Å². The van der Waals surface area contributed by atoms with Gasteiger partial charge in [0.25, 0.3) is 5.56 Å². The molecule has 0 fully saturated rings. The second-order valence-electron chi connectivity index (χ2n) is 3.99. The Hall–Kier alpha value is -2.14. The van der Waals surface area contributed by atoms with Crippen LogP contribution in [-0.4, -0.2) is 21.3 Å². The molecule has 0 aliphatic rings. The summed E-state index contributed by atoms with van der Waals surface area (Å²) in [6, 6.07) is 7.54. The van der Waals surface area contributed by atoms with Crippen LogP contribution in [0.1, 0.15) is 5.56 Å². The molecule has 0 atom stereocenters. The minimum atomic E-state index is -0.170. The largest absolute Gasteiger partial charge is 0.396 e. The van der Waals surface area contributed by atoms with Gasteiger partial charge in [0.15, 0.2) is 5.82 Å². The molecule has 94 valence electrons. The number of aryl methyl sites for hydroxylation is 1. The highest BCUT2D eigenvalue weighted by atomic mass is 16.2. The molecule has 1 aromatic carbocycles. The van der Waals surface area contributed by atoms with Gasteiger partial charge in [0.2, 0.25) is 0 Å². The average molecular weight is 245 g/mol. The first-order valence-corrected chi connectivity index (χ1v) is 5.69. The van der Waals surface area contributed by atoms with E-state index in [1.807, 2.05) is 24.3 Å². The molecule has 0 aliphatic carbocycles. The van der Waals surface area contributed by atoms with Crippen molar-refractivity contribution in [3.8, 4) is 0 Å². The Morgan fingerprint density at radius 2 is 2.06 bits per heavy atom. The summed E-state index contributed by atoms with van der Waals surface area (Å²) in [5.74, 6) is 0.301. The maximum Gasteiger partial charge on any atom is 0.293 e. The summed E-state index contributed by atoms with van der Waals surface area (Å²) in [6.07, 6.45) is 3.81. The maximum atomic E-state index is 11.7. The predicted octanol–water partition coefficient (Wildman–Crippen LogP) is 1.06. The van der Waals surface area contributed by atoms with Gasteiger partial charge in [-0.2, -0.15) is 0 Å². The van der Waals surface area contributed by atoms with Gasteiger partial charge in [-0.3, -0.25) is 4.79 Å². The molecule has 0 spiro atoms. The third-order valence-electron chi connectivity index (χ3n) is 2.63. The quantitative estimate of drug-likeness (QED) is 0.845. The van der Waals surface area contributed by atoms with Crippen molar-refractivity contribution in [3.63, 3.8) is 0 Å². The lowest BCUT2D eigenvalue weighted by molar-refractivity contribution is 0.299. The van der Waals surface area contributed by atoms with Crippen molar-refractivity contribution in [3.05, 3.63) is 52.6 Å². The second kappa shape index (κ2) is 5.46. The number of hydrogen-bond acceptors (Lipinski definition) is 4. The zero-order chi connectivity index (χ0) is 13.0. The third-order valence-corrected chi connectivity index (χ3v) is 2.63. The summed E-state index contributed by atoms with van der Waals surface area (Å²) in [4.78, 5) is 15.8. The van der Waals surface area contributed by atoms with E-state index < -0.39 is 0 Å². The monoisotopic (exact) mass is 245 g/mol. The van der Waals surface area contributed by atoms with Crippen LogP contribution in [0, 0.1) is 0 Å². The van der Waals surface area contributed by atoms with Crippen LogP contribution in [0.3, 0.4) is 0 Å². The van der Waals surface area contributed by atoms with E-state index in [-0.39, 0.29) is 12.2 Å². The Morgan fingerprint density at radius 1 is 1.33 bits per heavy atom. The van der Waals surface area contributed by atoms with E-state index in [1.54, 1.807) is 19.4 Å². The number of nitrogens with zero attached hydrogens (tertiary/aromatic N) is 2. The topological polar surface area (TPSA) is 67.2 Å². The molecule has 0 aliphatic heterocycles. The number of aromatic nitrogens is 2. The molecule has 2 N–H and O–H groups in total. The molecule has 0 saturated heterocycles. The molecular formula is C13H15N3O2. The molecule has 0 saturated carbocycles. The maximum absolute atomic E-state index is 11.7. The van der Waals surface area contributed by atoms with Crippen molar-refractivity contribution >= 4 is 11.5 Å². The highest BCUT2D eigenvalue weighted by molar-refractivity contribution is 5.55. The van der Waals surface area contributed by atoms with E-state index in [0.29, 0.717) is 12.2 Å². The molecular weight excluding hydrogens is 230 g/mol. The fraction of sp³-hybridized carbons (Fsp3) is 0.231. The Balaban J connectivity index is 2.18. The average Bonchev–Trinajstić information content (AvgIpc) is 2.38. The first-order chi connectivity index (χ1) is 8.70. The summed E-state index contributed by atoms with van der Waals surface area (Å²) >= 11 is 0. The molecule has 2 rings (SSSR count). The van der Waals surface area contributed by atoms with Crippen LogP contribution in [0.2, 0.25) is 0 Å². The van der Waals surface area contributed by atoms with Crippen LogP contribution in [0.4, 0.5) is 11.5 Å². The minimum Gasteiger partial charge on any atom is -0.396 e. The molecule has 5 heteroatoms. The van der Waals surface area contributed by atoms with E-state index >= 15 is 0 Å². The summed E-state index contributed by atoms with van der Waals surface area (Å²) in [5.41, 5.74) is 1.68. The van der Waals surface area contributed by atoms with Crippen LogP contribution in [0.5, 0.6) is 0 Å². The van der Waals surface area contributed by atoms with Crippen molar-refractivity contribution in [2.24, 2.45) is 7.05 Å². The van der Waals surface area contributed by atoms with Gasteiger partial charge in [0.1, 0.15) is 0 Å². The summed E-state index contributed by atoms with van der Waals surface area (Å²) in [6.45, 7) is 0.132. The zero-order valence-corrected chi connectivity index (χ0v) is 10.1. The van der Waals surface area contributed by atoms with Crippen LogP contribution in [0.15, 0.2) is 41.5 Å². The van der Waals surface area contributed by atoms with Crippen LogP contribution in [-0.2, 0) is 13.5 Å². The Labute approximate surface area is 105 Å². The van der Waals surface area contributed by atoms with Gasteiger partial charge in [-0.15, -0.1) is 0 Å². The molecule has 0 radical (unpaired) electrons. The van der Waals surface area contributed by atoms with Crippen LogP contribution in [0.25, 0.3) is 0 Å². The van der Waals surface area contributed by atoms with Gasteiger partial charge in [0, 0.05) is 31.7 Å².